The van der Waals surface area contributed by atoms with Crippen LogP contribution in [0.5, 0.6) is 0 Å². The van der Waals surface area contributed by atoms with Gasteiger partial charge in [0.25, 0.3) is 5.56 Å². The molecule has 1 aliphatic rings. The number of rotatable bonds is 2. The van der Waals surface area contributed by atoms with Crippen molar-refractivity contribution < 1.29 is 20.1 Å². The van der Waals surface area contributed by atoms with E-state index in [0.29, 0.717) is 0 Å². The Balaban J connectivity index is 2.06. The fourth-order valence-electron chi connectivity index (χ4n) is 2.16. The average molecular weight is 268 g/mol. The van der Waals surface area contributed by atoms with Gasteiger partial charge < -0.3 is 25.0 Å². The molecule has 4 N–H and O–H groups in total. The Kier molecular flexibility index (Phi) is 2.82. The SMILES string of the molecule is O=c1[nH]cnc2c1ncn2[C@H]1O[C@@H](CO)[C@H](O)[C@@H]1O. The zero-order valence-corrected chi connectivity index (χ0v) is 9.67. The van der Waals surface area contributed by atoms with Gasteiger partial charge in [0, 0.05) is 0 Å². The van der Waals surface area contributed by atoms with Crippen molar-refractivity contribution >= 4 is 11.2 Å². The molecule has 9 nitrogen and oxygen atoms in total. The summed E-state index contributed by atoms with van der Waals surface area (Å²) < 4.78 is 6.70. The number of imidazole rings is 1. The minimum atomic E-state index is -1.24. The molecule has 0 aromatic carbocycles. The van der Waals surface area contributed by atoms with Crippen molar-refractivity contribution in [2.45, 2.75) is 24.5 Å². The summed E-state index contributed by atoms with van der Waals surface area (Å²) in [5.41, 5.74) is -0.0608. The van der Waals surface area contributed by atoms with Crippen LogP contribution in [0.25, 0.3) is 11.2 Å². The summed E-state index contributed by atoms with van der Waals surface area (Å²) in [5.74, 6) is 0. The minimum absolute atomic E-state index is 0.111. The average Bonchev–Trinajstić information content (AvgIpc) is 2.94. The maximum absolute atomic E-state index is 11.5. The molecule has 0 unspecified atom stereocenters. The second kappa shape index (κ2) is 4.38. The molecule has 3 heterocycles. The maximum Gasteiger partial charge on any atom is 0.278 e. The van der Waals surface area contributed by atoms with Crippen LogP contribution in [0.1, 0.15) is 6.23 Å². The summed E-state index contributed by atoms with van der Waals surface area (Å²) >= 11 is 0. The lowest BCUT2D eigenvalue weighted by Crippen LogP contribution is -2.33. The highest BCUT2D eigenvalue weighted by Crippen LogP contribution is 2.30. The summed E-state index contributed by atoms with van der Waals surface area (Å²) in [5, 5.41) is 28.6. The Labute approximate surface area is 106 Å². The maximum atomic E-state index is 11.5. The number of H-pyrrole nitrogens is 1. The van der Waals surface area contributed by atoms with E-state index in [9.17, 15) is 15.0 Å². The van der Waals surface area contributed by atoms with E-state index in [-0.39, 0.29) is 11.2 Å². The smallest absolute Gasteiger partial charge is 0.278 e. The molecule has 1 fully saturated rings. The van der Waals surface area contributed by atoms with E-state index in [0.717, 1.165) is 0 Å². The highest BCUT2D eigenvalue weighted by molar-refractivity contribution is 5.68. The normalized spacial score (nSPS) is 31.1. The van der Waals surface area contributed by atoms with Gasteiger partial charge in [-0.2, -0.15) is 0 Å². The number of nitrogens with one attached hydrogen (secondary N) is 1. The van der Waals surface area contributed by atoms with Gasteiger partial charge in [0.05, 0.1) is 19.3 Å². The lowest BCUT2D eigenvalue weighted by molar-refractivity contribution is -0.0511. The van der Waals surface area contributed by atoms with Crippen molar-refractivity contribution in [2.75, 3.05) is 6.61 Å². The first kappa shape index (κ1) is 12.2. The number of aliphatic hydroxyl groups excluding tert-OH is 3. The molecule has 19 heavy (non-hydrogen) atoms. The topological polar surface area (TPSA) is 133 Å². The number of hydrogen-bond donors (Lipinski definition) is 4. The number of ether oxygens (including phenoxy) is 1. The Hall–Kier alpha value is -1.81. The van der Waals surface area contributed by atoms with Gasteiger partial charge in [-0.25, -0.2) is 9.97 Å². The summed E-state index contributed by atoms with van der Waals surface area (Å²) in [4.78, 5) is 21.8. The highest BCUT2D eigenvalue weighted by atomic mass is 16.6. The standard InChI is InChI=1S/C10H12N4O5/c15-1-4-6(16)7(17)10(19-4)14-3-13-5-8(14)11-2-12-9(5)18/h2-4,6-7,10,15-17H,1H2,(H,11,12,18)/t4-,6-,7-,10-/m0/s1. The molecule has 1 aliphatic heterocycles. The first-order valence-electron chi connectivity index (χ1n) is 5.66. The van der Waals surface area contributed by atoms with Gasteiger partial charge in [-0.05, 0) is 0 Å². The van der Waals surface area contributed by atoms with Crippen LogP contribution >= 0.6 is 0 Å². The number of fused-ring (bicyclic) bond motifs is 1. The molecule has 4 atom stereocenters. The summed E-state index contributed by atoms with van der Waals surface area (Å²) in [6.07, 6.45) is -1.78. The lowest BCUT2D eigenvalue weighted by Gasteiger charge is -2.16. The largest absolute Gasteiger partial charge is 0.394 e. The van der Waals surface area contributed by atoms with E-state index < -0.39 is 36.7 Å². The van der Waals surface area contributed by atoms with Crippen LogP contribution in [0.3, 0.4) is 0 Å². The molecule has 0 amide bonds. The van der Waals surface area contributed by atoms with Gasteiger partial charge in [0.2, 0.25) is 0 Å². The van der Waals surface area contributed by atoms with Crippen LogP contribution in [0.4, 0.5) is 0 Å². The minimum Gasteiger partial charge on any atom is -0.394 e. The third-order valence-electron chi connectivity index (χ3n) is 3.16. The van der Waals surface area contributed by atoms with Crippen molar-refractivity contribution in [1.82, 2.24) is 19.5 Å². The molecule has 0 saturated carbocycles. The predicted octanol–water partition coefficient (Wildman–Crippen LogP) is -2.27. The second-order valence-corrected chi connectivity index (χ2v) is 4.28. The third-order valence-corrected chi connectivity index (χ3v) is 3.16. The molecule has 0 bridgehead atoms. The van der Waals surface area contributed by atoms with E-state index in [4.69, 9.17) is 9.84 Å². The Bertz CT molecular complexity index is 653. The van der Waals surface area contributed by atoms with E-state index in [2.05, 4.69) is 15.0 Å². The van der Waals surface area contributed by atoms with Crippen molar-refractivity contribution in [3.05, 3.63) is 23.0 Å². The van der Waals surface area contributed by atoms with Gasteiger partial charge in [-0.15, -0.1) is 0 Å². The summed E-state index contributed by atoms with van der Waals surface area (Å²) in [6.45, 7) is -0.421. The van der Waals surface area contributed by atoms with Gasteiger partial charge in [0.15, 0.2) is 17.4 Å². The van der Waals surface area contributed by atoms with E-state index in [1.807, 2.05) is 0 Å². The molecule has 2 aromatic rings. The second-order valence-electron chi connectivity index (χ2n) is 4.28. The number of nitrogens with zero attached hydrogens (tertiary/aromatic N) is 3. The van der Waals surface area contributed by atoms with Gasteiger partial charge >= 0.3 is 0 Å². The van der Waals surface area contributed by atoms with Gasteiger partial charge in [-0.3, -0.25) is 9.36 Å². The monoisotopic (exact) mass is 268 g/mol. The Morgan fingerprint density at radius 1 is 1.37 bits per heavy atom. The Morgan fingerprint density at radius 3 is 2.84 bits per heavy atom. The molecule has 0 radical (unpaired) electrons. The zero-order valence-electron chi connectivity index (χ0n) is 9.67. The van der Waals surface area contributed by atoms with Crippen LogP contribution in [0, 0.1) is 0 Å². The molecule has 3 rings (SSSR count). The molecular formula is C10H12N4O5. The van der Waals surface area contributed by atoms with E-state index in [1.165, 1.54) is 17.2 Å². The van der Waals surface area contributed by atoms with Crippen molar-refractivity contribution in [2.24, 2.45) is 0 Å². The predicted molar refractivity (Wildman–Crippen MR) is 61.2 cm³/mol. The van der Waals surface area contributed by atoms with E-state index >= 15 is 0 Å². The summed E-state index contributed by atoms with van der Waals surface area (Å²) in [7, 11) is 0. The van der Waals surface area contributed by atoms with E-state index in [1.54, 1.807) is 0 Å². The molecule has 9 heteroatoms. The zero-order chi connectivity index (χ0) is 13.6. The van der Waals surface area contributed by atoms with Crippen molar-refractivity contribution in [3.63, 3.8) is 0 Å². The number of aromatic amines is 1. The van der Waals surface area contributed by atoms with Crippen LogP contribution in [0.2, 0.25) is 0 Å². The fourth-order valence-corrected chi connectivity index (χ4v) is 2.16. The molecule has 1 saturated heterocycles. The molecular weight excluding hydrogens is 256 g/mol. The fraction of sp³-hybridized carbons (Fsp3) is 0.500. The van der Waals surface area contributed by atoms with Gasteiger partial charge in [-0.1, -0.05) is 0 Å². The molecule has 0 aliphatic carbocycles. The van der Waals surface area contributed by atoms with Crippen LogP contribution in [-0.4, -0.2) is 59.8 Å². The van der Waals surface area contributed by atoms with Crippen LogP contribution in [-0.2, 0) is 4.74 Å². The van der Waals surface area contributed by atoms with Crippen LogP contribution < -0.4 is 5.56 Å². The third kappa shape index (κ3) is 1.75. The molecule has 0 spiro atoms. The highest BCUT2D eigenvalue weighted by Gasteiger charge is 2.43. The molecule has 2 aromatic heterocycles. The van der Waals surface area contributed by atoms with Crippen molar-refractivity contribution in [1.29, 1.82) is 0 Å². The quantitative estimate of drug-likeness (QED) is 0.482. The number of aromatic nitrogens is 4. The summed E-state index contributed by atoms with van der Waals surface area (Å²) in [6, 6.07) is 0. The van der Waals surface area contributed by atoms with Gasteiger partial charge in [0.1, 0.15) is 18.3 Å². The van der Waals surface area contributed by atoms with Crippen molar-refractivity contribution in [3.8, 4) is 0 Å². The number of hydrogen-bond acceptors (Lipinski definition) is 7. The van der Waals surface area contributed by atoms with Crippen LogP contribution in [0.15, 0.2) is 17.4 Å². The lowest BCUT2D eigenvalue weighted by atomic mass is 10.1. The number of aliphatic hydroxyl groups is 3. The molecule has 102 valence electrons. The Morgan fingerprint density at radius 2 is 2.16 bits per heavy atom. The first-order chi connectivity index (χ1) is 9.13. The first-order valence-corrected chi connectivity index (χ1v) is 5.66.